The van der Waals surface area contributed by atoms with Gasteiger partial charge in [-0.25, -0.2) is 29.0 Å². The second kappa shape index (κ2) is 9.38. The van der Waals surface area contributed by atoms with Gasteiger partial charge in [-0.3, -0.25) is 4.79 Å². The first kappa shape index (κ1) is 24.0. The summed E-state index contributed by atoms with van der Waals surface area (Å²) in [5, 5.41) is 8.45. The lowest BCUT2D eigenvalue weighted by Gasteiger charge is -2.26. The minimum Gasteiger partial charge on any atom is -0.383 e. The molecule has 1 amide bonds. The van der Waals surface area contributed by atoms with Crippen LogP contribution in [-0.2, 0) is 5.54 Å². The number of aromatic nitrogens is 6. The Hall–Kier alpha value is -4.73. The number of rotatable bonds is 6. The molecule has 0 aliphatic carbocycles. The van der Waals surface area contributed by atoms with E-state index in [9.17, 15) is 9.18 Å². The number of nitrogens with one attached hydrogen (secondary N) is 1. The standard InChI is InChI=1S/C27H25FN8O/c1-16-4-6-18(7-5-16)23-22-24(29)33-15-34-25(22)36(35-23)27(2,3)13-30-26(37)21-12-20(31-14-32-21)17-8-10-19(28)11-9-17/h4-12,14-15H,13H2,1-3H3,(H,30,37)(H2,29,33,34). The number of fused-ring (bicyclic) bond motifs is 1. The number of carbonyl (C=O) groups is 1. The van der Waals surface area contributed by atoms with Gasteiger partial charge >= 0.3 is 0 Å². The van der Waals surface area contributed by atoms with Gasteiger partial charge in [0, 0.05) is 17.7 Å². The second-order valence-corrected chi connectivity index (χ2v) is 9.37. The predicted octanol–water partition coefficient (Wildman–Crippen LogP) is 4.15. The van der Waals surface area contributed by atoms with Crippen LogP contribution in [0.2, 0.25) is 0 Å². The van der Waals surface area contributed by atoms with Gasteiger partial charge in [0.15, 0.2) is 5.65 Å². The van der Waals surface area contributed by atoms with Gasteiger partial charge in [-0.1, -0.05) is 29.8 Å². The van der Waals surface area contributed by atoms with Crippen LogP contribution in [0.4, 0.5) is 10.2 Å². The van der Waals surface area contributed by atoms with E-state index in [0.717, 1.165) is 11.1 Å². The molecule has 0 saturated heterocycles. The van der Waals surface area contributed by atoms with E-state index in [1.54, 1.807) is 22.9 Å². The summed E-state index contributed by atoms with van der Waals surface area (Å²) < 4.78 is 15.0. The maximum atomic E-state index is 13.3. The minimum absolute atomic E-state index is 0.197. The van der Waals surface area contributed by atoms with Crippen molar-refractivity contribution in [2.24, 2.45) is 0 Å². The van der Waals surface area contributed by atoms with Crippen molar-refractivity contribution in [1.29, 1.82) is 0 Å². The number of aryl methyl sites for hydroxylation is 1. The number of hydrogen-bond acceptors (Lipinski definition) is 7. The first-order valence-corrected chi connectivity index (χ1v) is 11.7. The third kappa shape index (κ3) is 4.73. The van der Waals surface area contributed by atoms with Crippen molar-refractivity contribution in [1.82, 2.24) is 35.0 Å². The fourth-order valence-corrected chi connectivity index (χ4v) is 4.03. The molecule has 3 N–H and O–H groups in total. The molecule has 0 atom stereocenters. The third-order valence-corrected chi connectivity index (χ3v) is 6.11. The summed E-state index contributed by atoms with van der Waals surface area (Å²) in [6, 6.07) is 15.4. The molecule has 3 heterocycles. The molecule has 0 unspecified atom stereocenters. The lowest BCUT2D eigenvalue weighted by atomic mass is 10.1. The maximum Gasteiger partial charge on any atom is 0.270 e. The molecule has 0 aliphatic rings. The number of amides is 1. The van der Waals surface area contributed by atoms with E-state index in [2.05, 4.69) is 25.3 Å². The monoisotopic (exact) mass is 496 g/mol. The van der Waals surface area contributed by atoms with Crippen molar-refractivity contribution >= 4 is 22.8 Å². The highest BCUT2D eigenvalue weighted by molar-refractivity contribution is 5.98. The van der Waals surface area contributed by atoms with Crippen LogP contribution in [0.25, 0.3) is 33.5 Å². The summed E-state index contributed by atoms with van der Waals surface area (Å²) in [7, 11) is 0. The van der Waals surface area contributed by atoms with Crippen molar-refractivity contribution in [3.8, 4) is 22.5 Å². The topological polar surface area (TPSA) is 124 Å². The van der Waals surface area contributed by atoms with Crippen molar-refractivity contribution in [3.63, 3.8) is 0 Å². The molecule has 37 heavy (non-hydrogen) atoms. The van der Waals surface area contributed by atoms with Crippen molar-refractivity contribution < 1.29 is 9.18 Å². The number of anilines is 1. The molecule has 2 aromatic carbocycles. The van der Waals surface area contributed by atoms with Crippen LogP contribution >= 0.6 is 0 Å². The quantitative estimate of drug-likeness (QED) is 0.362. The molecule has 0 bridgehead atoms. The lowest BCUT2D eigenvalue weighted by molar-refractivity contribution is 0.0931. The van der Waals surface area contributed by atoms with E-state index in [4.69, 9.17) is 10.8 Å². The largest absolute Gasteiger partial charge is 0.383 e. The Labute approximate surface area is 212 Å². The minimum atomic E-state index is -0.676. The van der Waals surface area contributed by atoms with Gasteiger partial charge in [-0.15, -0.1) is 0 Å². The fourth-order valence-electron chi connectivity index (χ4n) is 4.03. The first-order valence-electron chi connectivity index (χ1n) is 11.7. The molecule has 0 saturated carbocycles. The third-order valence-electron chi connectivity index (χ3n) is 6.11. The smallest absolute Gasteiger partial charge is 0.270 e. The summed E-state index contributed by atoms with van der Waals surface area (Å²) in [6.45, 7) is 6.14. The average molecular weight is 497 g/mol. The van der Waals surface area contributed by atoms with Gasteiger partial charge in [0.2, 0.25) is 0 Å². The van der Waals surface area contributed by atoms with E-state index < -0.39 is 5.54 Å². The van der Waals surface area contributed by atoms with Crippen LogP contribution in [0.15, 0.2) is 67.3 Å². The molecular weight excluding hydrogens is 471 g/mol. The van der Waals surface area contributed by atoms with Crippen LogP contribution < -0.4 is 11.1 Å². The molecule has 9 nitrogen and oxygen atoms in total. The van der Waals surface area contributed by atoms with Gasteiger partial charge in [0.25, 0.3) is 5.91 Å². The highest BCUT2D eigenvalue weighted by atomic mass is 19.1. The van der Waals surface area contributed by atoms with Crippen LogP contribution in [0.1, 0.15) is 29.9 Å². The summed E-state index contributed by atoms with van der Waals surface area (Å²) in [4.78, 5) is 29.9. The molecule has 5 aromatic rings. The Morgan fingerprint density at radius 3 is 2.38 bits per heavy atom. The van der Waals surface area contributed by atoms with Gasteiger partial charge in [-0.05, 0) is 51.1 Å². The number of benzene rings is 2. The van der Waals surface area contributed by atoms with E-state index in [1.807, 2.05) is 45.0 Å². The summed E-state index contributed by atoms with van der Waals surface area (Å²) in [6.07, 6.45) is 2.72. The summed E-state index contributed by atoms with van der Waals surface area (Å²) >= 11 is 0. The lowest BCUT2D eigenvalue weighted by Crippen LogP contribution is -2.41. The predicted molar refractivity (Wildman–Crippen MR) is 139 cm³/mol. The zero-order chi connectivity index (χ0) is 26.2. The Balaban J connectivity index is 1.42. The maximum absolute atomic E-state index is 13.3. The van der Waals surface area contributed by atoms with Crippen LogP contribution in [-0.4, -0.2) is 42.2 Å². The zero-order valence-electron chi connectivity index (χ0n) is 20.6. The molecule has 0 spiro atoms. The first-order chi connectivity index (χ1) is 17.7. The molecule has 5 rings (SSSR count). The number of nitrogens with zero attached hydrogens (tertiary/aromatic N) is 6. The molecule has 3 aromatic heterocycles. The van der Waals surface area contributed by atoms with Gasteiger partial charge in [0.05, 0.1) is 16.6 Å². The molecule has 10 heteroatoms. The van der Waals surface area contributed by atoms with E-state index in [-0.39, 0.29) is 24.0 Å². The Morgan fingerprint density at radius 2 is 1.65 bits per heavy atom. The summed E-state index contributed by atoms with van der Waals surface area (Å²) in [5.74, 6) is -0.383. The molecular formula is C27H25FN8O. The Kier molecular flexibility index (Phi) is 6.08. The van der Waals surface area contributed by atoms with Crippen molar-refractivity contribution in [2.75, 3.05) is 12.3 Å². The molecule has 0 aliphatic heterocycles. The van der Waals surface area contributed by atoms with E-state index >= 15 is 0 Å². The Morgan fingerprint density at radius 1 is 0.973 bits per heavy atom. The highest BCUT2D eigenvalue weighted by Gasteiger charge is 2.28. The van der Waals surface area contributed by atoms with Crippen molar-refractivity contribution in [2.45, 2.75) is 26.3 Å². The number of carbonyl (C=O) groups excluding carboxylic acids is 1. The molecule has 0 radical (unpaired) electrons. The number of nitrogen functional groups attached to an aromatic ring is 1. The molecule has 0 fully saturated rings. The zero-order valence-corrected chi connectivity index (χ0v) is 20.6. The van der Waals surface area contributed by atoms with Crippen molar-refractivity contribution in [3.05, 3.63) is 84.3 Å². The SMILES string of the molecule is Cc1ccc(-c2nn(C(C)(C)CNC(=O)c3cc(-c4ccc(F)cc4)ncn3)c3ncnc(N)c23)cc1. The van der Waals surface area contributed by atoms with E-state index in [1.165, 1.54) is 24.8 Å². The Bertz CT molecular complexity index is 1590. The van der Waals surface area contributed by atoms with Gasteiger partial charge in [0.1, 0.15) is 35.7 Å². The van der Waals surface area contributed by atoms with E-state index in [0.29, 0.717) is 33.8 Å². The van der Waals surface area contributed by atoms with Gasteiger partial charge < -0.3 is 11.1 Å². The summed E-state index contributed by atoms with van der Waals surface area (Å²) in [5.41, 5.74) is 10.2. The number of nitrogens with two attached hydrogens (primary N) is 1. The van der Waals surface area contributed by atoms with Crippen LogP contribution in [0.3, 0.4) is 0 Å². The molecule has 186 valence electrons. The van der Waals surface area contributed by atoms with Crippen LogP contribution in [0, 0.1) is 12.7 Å². The van der Waals surface area contributed by atoms with Gasteiger partial charge in [-0.2, -0.15) is 5.10 Å². The highest BCUT2D eigenvalue weighted by Crippen LogP contribution is 2.33. The normalized spacial score (nSPS) is 11.6. The fraction of sp³-hybridized carbons (Fsp3) is 0.185. The van der Waals surface area contributed by atoms with Crippen LogP contribution in [0.5, 0.6) is 0 Å². The second-order valence-electron chi connectivity index (χ2n) is 9.37. The average Bonchev–Trinajstić information content (AvgIpc) is 3.30. The number of hydrogen-bond donors (Lipinski definition) is 2. The number of halogens is 1.